The van der Waals surface area contributed by atoms with E-state index in [4.69, 9.17) is 4.74 Å². The molecular weight excluding hydrogens is 260 g/mol. The Labute approximate surface area is 120 Å². The molecule has 20 heavy (non-hydrogen) atoms. The standard InChI is InChI=1S/C14H26N2O4/c1-3-10-20-11-6-8-15-13(19)16-9-5-7-14(16,4-2)12(17)18/h3-11H2,1-2H3,(H,15,19)(H,17,18). The number of likely N-dealkylation sites (tertiary alicyclic amines) is 1. The average Bonchev–Trinajstić information content (AvgIpc) is 2.87. The van der Waals surface area contributed by atoms with Crippen molar-refractivity contribution in [2.45, 2.75) is 51.5 Å². The van der Waals surface area contributed by atoms with Crippen LogP contribution >= 0.6 is 0 Å². The molecule has 6 nitrogen and oxygen atoms in total. The molecule has 6 heteroatoms. The lowest BCUT2D eigenvalue weighted by Gasteiger charge is -2.33. The summed E-state index contributed by atoms with van der Waals surface area (Å²) in [6.07, 6.45) is 3.44. The number of rotatable bonds is 8. The van der Waals surface area contributed by atoms with E-state index in [0.717, 1.165) is 25.9 Å². The van der Waals surface area contributed by atoms with Crippen LogP contribution in [-0.4, -0.2) is 53.8 Å². The highest BCUT2D eigenvalue weighted by molar-refractivity contribution is 5.87. The topological polar surface area (TPSA) is 78.9 Å². The number of hydrogen-bond acceptors (Lipinski definition) is 3. The van der Waals surface area contributed by atoms with Gasteiger partial charge in [-0.15, -0.1) is 0 Å². The van der Waals surface area contributed by atoms with Gasteiger partial charge in [-0.2, -0.15) is 0 Å². The van der Waals surface area contributed by atoms with Gasteiger partial charge in [0.25, 0.3) is 0 Å². The number of nitrogens with zero attached hydrogens (tertiary/aromatic N) is 1. The lowest BCUT2D eigenvalue weighted by atomic mass is 9.93. The minimum atomic E-state index is -1.03. The van der Waals surface area contributed by atoms with Gasteiger partial charge in [0.15, 0.2) is 0 Å². The number of amides is 2. The van der Waals surface area contributed by atoms with Gasteiger partial charge in [-0.1, -0.05) is 13.8 Å². The molecule has 1 atom stereocenters. The third-order valence-corrected chi connectivity index (χ3v) is 3.81. The van der Waals surface area contributed by atoms with Crippen molar-refractivity contribution in [2.75, 3.05) is 26.3 Å². The summed E-state index contributed by atoms with van der Waals surface area (Å²) in [5, 5.41) is 12.2. The van der Waals surface area contributed by atoms with E-state index in [1.165, 1.54) is 4.90 Å². The van der Waals surface area contributed by atoms with E-state index in [2.05, 4.69) is 5.32 Å². The molecule has 2 N–H and O–H groups in total. The number of hydrogen-bond donors (Lipinski definition) is 2. The molecule has 1 unspecified atom stereocenters. The van der Waals surface area contributed by atoms with Crippen molar-refractivity contribution in [2.24, 2.45) is 0 Å². The second-order valence-corrected chi connectivity index (χ2v) is 5.14. The maximum atomic E-state index is 12.1. The number of ether oxygens (including phenoxy) is 1. The van der Waals surface area contributed by atoms with Crippen LogP contribution in [0, 0.1) is 0 Å². The molecule has 0 aromatic rings. The number of carboxylic acid groups (broad SMARTS) is 1. The molecule has 1 aliphatic rings. The number of carbonyl (C=O) groups excluding carboxylic acids is 1. The zero-order valence-corrected chi connectivity index (χ0v) is 12.5. The monoisotopic (exact) mass is 286 g/mol. The molecule has 0 saturated carbocycles. The van der Waals surface area contributed by atoms with E-state index in [1.54, 1.807) is 0 Å². The number of carboxylic acids is 1. The van der Waals surface area contributed by atoms with Crippen molar-refractivity contribution in [3.05, 3.63) is 0 Å². The van der Waals surface area contributed by atoms with Crippen LogP contribution < -0.4 is 5.32 Å². The van der Waals surface area contributed by atoms with E-state index in [0.29, 0.717) is 32.5 Å². The second-order valence-electron chi connectivity index (χ2n) is 5.14. The Bertz CT molecular complexity index is 335. The molecule has 1 saturated heterocycles. The fourth-order valence-corrected chi connectivity index (χ4v) is 2.63. The van der Waals surface area contributed by atoms with Gasteiger partial charge in [0.05, 0.1) is 0 Å². The third-order valence-electron chi connectivity index (χ3n) is 3.81. The smallest absolute Gasteiger partial charge is 0.329 e. The molecular formula is C14H26N2O4. The Kier molecular flexibility index (Phi) is 6.78. The summed E-state index contributed by atoms with van der Waals surface area (Å²) in [6, 6.07) is -0.276. The highest BCUT2D eigenvalue weighted by Crippen LogP contribution is 2.32. The maximum Gasteiger partial charge on any atom is 0.329 e. The predicted molar refractivity (Wildman–Crippen MR) is 75.7 cm³/mol. The fraction of sp³-hybridized carbons (Fsp3) is 0.857. The van der Waals surface area contributed by atoms with Gasteiger partial charge in [0.2, 0.25) is 0 Å². The highest BCUT2D eigenvalue weighted by Gasteiger charge is 2.48. The SMILES string of the molecule is CCCOCCCNC(=O)N1CCCC1(CC)C(=O)O. The molecule has 1 heterocycles. The second kappa shape index (κ2) is 8.09. The van der Waals surface area contributed by atoms with Crippen LogP contribution in [0.15, 0.2) is 0 Å². The minimum Gasteiger partial charge on any atom is -0.479 e. The maximum absolute atomic E-state index is 12.1. The molecule has 0 aromatic heterocycles. The molecule has 0 aromatic carbocycles. The predicted octanol–water partition coefficient (Wildman–Crippen LogP) is 1.84. The van der Waals surface area contributed by atoms with Crippen molar-refractivity contribution >= 4 is 12.0 Å². The third kappa shape index (κ3) is 3.85. The first-order valence-electron chi connectivity index (χ1n) is 7.45. The van der Waals surface area contributed by atoms with Crippen LogP contribution in [0.2, 0.25) is 0 Å². The summed E-state index contributed by atoms with van der Waals surface area (Å²) in [5.74, 6) is -0.904. The van der Waals surface area contributed by atoms with Crippen molar-refractivity contribution in [1.29, 1.82) is 0 Å². The Morgan fingerprint density at radius 3 is 2.70 bits per heavy atom. The average molecular weight is 286 g/mol. The Hall–Kier alpha value is -1.30. The molecule has 116 valence electrons. The Morgan fingerprint density at radius 1 is 1.35 bits per heavy atom. The van der Waals surface area contributed by atoms with Gasteiger partial charge in [-0.3, -0.25) is 0 Å². The highest BCUT2D eigenvalue weighted by atomic mass is 16.5. The summed E-state index contributed by atoms with van der Waals surface area (Å²) in [6.45, 7) is 6.24. The van der Waals surface area contributed by atoms with Crippen molar-refractivity contribution in [3.8, 4) is 0 Å². The first kappa shape index (κ1) is 16.8. The number of aliphatic carboxylic acids is 1. The van der Waals surface area contributed by atoms with Crippen molar-refractivity contribution < 1.29 is 19.4 Å². The molecule has 0 spiro atoms. The van der Waals surface area contributed by atoms with Gasteiger partial charge in [0, 0.05) is 26.3 Å². The van der Waals surface area contributed by atoms with Crippen LogP contribution in [0.5, 0.6) is 0 Å². The quantitative estimate of drug-likeness (QED) is 0.667. The van der Waals surface area contributed by atoms with Crippen LogP contribution in [0.4, 0.5) is 4.79 Å². The summed E-state index contributed by atoms with van der Waals surface area (Å²) in [5.41, 5.74) is -1.03. The lowest BCUT2D eigenvalue weighted by Crippen LogP contribution is -2.55. The van der Waals surface area contributed by atoms with Crippen LogP contribution in [0.3, 0.4) is 0 Å². The van der Waals surface area contributed by atoms with Gasteiger partial charge < -0.3 is 20.1 Å². The molecule has 0 aliphatic carbocycles. The van der Waals surface area contributed by atoms with E-state index in [-0.39, 0.29) is 6.03 Å². The number of nitrogens with one attached hydrogen (secondary N) is 1. The first-order chi connectivity index (χ1) is 9.58. The normalized spacial score (nSPS) is 22.0. The lowest BCUT2D eigenvalue weighted by molar-refractivity contribution is -0.148. The van der Waals surface area contributed by atoms with Gasteiger partial charge in [-0.05, 0) is 32.1 Å². The van der Waals surface area contributed by atoms with E-state index in [9.17, 15) is 14.7 Å². The Balaban J connectivity index is 2.40. The Morgan fingerprint density at radius 2 is 2.10 bits per heavy atom. The van der Waals surface area contributed by atoms with Crippen LogP contribution in [-0.2, 0) is 9.53 Å². The zero-order chi connectivity index (χ0) is 15.0. The van der Waals surface area contributed by atoms with E-state index >= 15 is 0 Å². The molecule has 1 aliphatic heterocycles. The zero-order valence-electron chi connectivity index (χ0n) is 12.5. The van der Waals surface area contributed by atoms with Gasteiger partial charge in [-0.25, -0.2) is 9.59 Å². The van der Waals surface area contributed by atoms with Gasteiger partial charge in [0.1, 0.15) is 5.54 Å². The summed E-state index contributed by atoms with van der Waals surface area (Å²) >= 11 is 0. The number of urea groups is 1. The largest absolute Gasteiger partial charge is 0.479 e. The summed E-state index contributed by atoms with van der Waals surface area (Å²) < 4.78 is 5.33. The first-order valence-corrected chi connectivity index (χ1v) is 7.45. The van der Waals surface area contributed by atoms with E-state index < -0.39 is 11.5 Å². The van der Waals surface area contributed by atoms with Crippen LogP contribution in [0.1, 0.15) is 46.0 Å². The molecule has 1 rings (SSSR count). The number of carbonyl (C=O) groups is 2. The van der Waals surface area contributed by atoms with Crippen molar-refractivity contribution in [3.63, 3.8) is 0 Å². The van der Waals surface area contributed by atoms with Crippen LogP contribution in [0.25, 0.3) is 0 Å². The van der Waals surface area contributed by atoms with E-state index in [1.807, 2.05) is 13.8 Å². The molecule has 2 amide bonds. The van der Waals surface area contributed by atoms with Crippen molar-refractivity contribution in [1.82, 2.24) is 10.2 Å². The van der Waals surface area contributed by atoms with Gasteiger partial charge >= 0.3 is 12.0 Å². The summed E-state index contributed by atoms with van der Waals surface area (Å²) in [4.78, 5) is 25.1. The molecule has 0 bridgehead atoms. The minimum absolute atomic E-state index is 0.276. The summed E-state index contributed by atoms with van der Waals surface area (Å²) in [7, 11) is 0. The molecule has 1 fully saturated rings. The molecule has 0 radical (unpaired) electrons. The fourth-order valence-electron chi connectivity index (χ4n) is 2.63.